The Morgan fingerprint density at radius 1 is 0.957 bits per heavy atom. The summed E-state index contributed by atoms with van der Waals surface area (Å²) in [6, 6.07) is 22.9. The zero-order valence-corrected chi connectivity index (χ0v) is 13.7. The lowest BCUT2D eigenvalue weighted by molar-refractivity contribution is 0.225. The molecule has 0 radical (unpaired) electrons. The van der Waals surface area contributed by atoms with Gasteiger partial charge in [-0.2, -0.15) is 0 Å². The third kappa shape index (κ3) is 3.11. The molecule has 3 heteroatoms. The number of aliphatic hydroxyl groups excluding tert-OH is 1. The molecule has 116 valence electrons. The minimum Gasteiger partial charge on any atom is -0.383 e. The van der Waals surface area contributed by atoms with Crippen molar-refractivity contribution >= 4 is 21.6 Å². The summed E-state index contributed by atoms with van der Waals surface area (Å²) in [7, 11) is -1.38. The highest BCUT2D eigenvalue weighted by Gasteiger charge is 2.21. The molecule has 0 saturated carbocycles. The van der Waals surface area contributed by atoms with Gasteiger partial charge in [0.2, 0.25) is 0 Å². The molecule has 0 amide bonds. The monoisotopic (exact) mass is 322 g/mol. The predicted octanol–water partition coefficient (Wildman–Crippen LogP) is 4.58. The lowest BCUT2D eigenvalue weighted by atomic mass is 10.00. The van der Waals surface area contributed by atoms with Gasteiger partial charge in [0.25, 0.3) is 0 Å². The zero-order valence-electron chi connectivity index (χ0n) is 12.8. The highest BCUT2D eigenvalue weighted by molar-refractivity contribution is 7.89. The number of aliphatic hydroxyl groups is 1. The first-order valence-electron chi connectivity index (χ1n) is 7.51. The summed E-state index contributed by atoms with van der Waals surface area (Å²) in [5.74, 6) is 0. The molecule has 1 N–H and O–H groups in total. The molecule has 3 aromatic rings. The van der Waals surface area contributed by atoms with E-state index in [1.807, 2.05) is 79.7 Å². The standard InChI is InChI=1S/C20H18O2S/c1-2-19(23(22)16-11-4-3-5-12-16)20(21)18-14-8-10-15-9-6-7-13-17(15)18/h2-14,20-21H,1H3/b19-2+. The van der Waals surface area contributed by atoms with Gasteiger partial charge in [0, 0.05) is 9.80 Å². The van der Waals surface area contributed by atoms with Gasteiger partial charge in [0.1, 0.15) is 6.10 Å². The summed E-state index contributed by atoms with van der Waals surface area (Å²) in [4.78, 5) is 1.20. The van der Waals surface area contributed by atoms with E-state index in [0.717, 1.165) is 16.3 Å². The number of fused-ring (bicyclic) bond motifs is 1. The summed E-state index contributed by atoms with van der Waals surface area (Å²) in [5, 5.41) is 12.9. The second kappa shape index (κ2) is 6.90. The summed E-state index contributed by atoms with van der Waals surface area (Å²) >= 11 is 0. The number of hydrogen-bond acceptors (Lipinski definition) is 2. The first-order valence-corrected chi connectivity index (χ1v) is 8.66. The SMILES string of the molecule is C/C=C(\C(O)c1cccc2ccccc12)S(=O)c1ccccc1. The molecule has 0 bridgehead atoms. The zero-order chi connectivity index (χ0) is 16.2. The Hall–Kier alpha value is -2.23. The molecule has 3 rings (SSSR count). The van der Waals surface area contributed by atoms with E-state index in [2.05, 4.69) is 0 Å². The van der Waals surface area contributed by atoms with Crippen molar-refractivity contribution in [3.63, 3.8) is 0 Å². The molecule has 0 aliphatic rings. The van der Waals surface area contributed by atoms with Crippen molar-refractivity contribution in [3.05, 3.63) is 89.3 Å². The number of allylic oxidation sites excluding steroid dienone is 1. The van der Waals surface area contributed by atoms with Crippen molar-refractivity contribution in [1.29, 1.82) is 0 Å². The van der Waals surface area contributed by atoms with E-state index in [9.17, 15) is 9.32 Å². The van der Waals surface area contributed by atoms with Gasteiger partial charge in [-0.1, -0.05) is 66.7 Å². The predicted molar refractivity (Wildman–Crippen MR) is 95.5 cm³/mol. The Kier molecular flexibility index (Phi) is 4.70. The van der Waals surface area contributed by atoms with Crippen molar-refractivity contribution in [3.8, 4) is 0 Å². The molecule has 0 fully saturated rings. The molecule has 0 aliphatic heterocycles. The lowest BCUT2D eigenvalue weighted by Crippen LogP contribution is -2.08. The van der Waals surface area contributed by atoms with Gasteiger partial charge < -0.3 is 5.11 Å². The van der Waals surface area contributed by atoms with Crippen LogP contribution in [0.3, 0.4) is 0 Å². The van der Waals surface area contributed by atoms with Gasteiger partial charge in [0.15, 0.2) is 0 Å². The average Bonchev–Trinajstić information content (AvgIpc) is 2.62. The molecule has 2 unspecified atom stereocenters. The largest absolute Gasteiger partial charge is 0.383 e. The van der Waals surface area contributed by atoms with Crippen LogP contribution in [0.15, 0.2) is 88.7 Å². The lowest BCUT2D eigenvalue weighted by Gasteiger charge is -2.17. The molecular formula is C20H18O2S. The molecule has 0 saturated heterocycles. The summed E-state index contributed by atoms with van der Waals surface area (Å²) in [6.07, 6.45) is 0.849. The van der Waals surface area contributed by atoms with E-state index in [1.165, 1.54) is 0 Å². The van der Waals surface area contributed by atoms with Crippen LogP contribution in [-0.2, 0) is 10.8 Å². The summed E-state index contributed by atoms with van der Waals surface area (Å²) < 4.78 is 12.8. The van der Waals surface area contributed by atoms with E-state index >= 15 is 0 Å². The maximum Gasteiger partial charge on any atom is 0.113 e. The topological polar surface area (TPSA) is 37.3 Å². The first kappa shape index (κ1) is 15.7. The van der Waals surface area contributed by atoms with E-state index in [0.29, 0.717) is 9.80 Å². The smallest absolute Gasteiger partial charge is 0.113 e. The fraction of sp³-hybridized carbons (Fsp3) is 0.100. The van der Waals surface area contributed by atoms with Crippen LogP contribution in [0.25, 0.3) is 10.8 Å². The molecule has 23 heavy (non-hydrogen) atoms. The number of rotatable bonds is 4. The van der Waals surface area contributed by atoms with E-state index in [4.69, 9.17) is 0 Å². The molecule has 3 aromatic carbocycles. The normalized spacial score (nSPS) is 14.6. The number of benzene rings is 3. The molecule has 0 heterocycles. The van der Waals surface area contributed by atoms with Crippen LogP contribution in [0.4, 0.5) is 0 Å². The van der Waals surface area contributed by atoms with Crippen molar-refractivity contribution in [2.24, 2.45) is 0 Å². The van der Waals surface area contributed by atoms with Crippen LogP contribution in [0, 0.1) is 0 Å². The molecular weight excluding hydrogens is 304 g/mol. The molecule has 0 spiro atoms. The Balaban J connectivity index is 2.03. The second-order valence-corrected chi connectivity index (χ2v) is 6.72. The van der Waals surface area contributed by atoms with Crippen molar-refractivity contribution < 1.29 is 9.32 Å². The van der Waals surface area contributed by atoms with Gasteiger partial charge in [-0.25, -0.2) is 4.21 Å². The average molecular weight is 322 g/mol. The highest BCUT2D eigenvalue weighted by atomic mass is 32.2. The van der Waals surface area contributed by atoms with Crippen LogP contribution in [0.5, 0.6) is 0 Å². The summed E-state index contributed by atoms with van der Waals surface area (Å²) in [5.41, 5.74) is 0.778. The van der Waals surface area contributed by atoms with E-state index in [-0.39, 0.29) is 0 Å². The second-order valence-electron chi connectivity index (χ2n) is 5.24. The molecule has 2 nitrogen and oxygen atoms in total. The third-order valence-corrected chi connectivity index (χ3v) is 5.43. The van der Waals surface area contributed by atoms with Crippen molar-refractivity contribution in [2.45, 2.75) is 17.9 Å². The number of hydrogen-bond donors (Lipinski definition) is 1. The quantitative estimate of drug-likeness (QED) is 0.763. The van der Waals surface area contributed by atoms with E-state index in [1.54, 1.807) is 6.08 Å². The Morgan fingerprint density at radius 2 is 1.61 bits per heavy atom. The highest BCUT2D eigenvalue weighted by Crippen LogP contribution is 2.32. The third-order valence-electron chi connectivity index (χ3n) is 3.84. The molecule has 2 atom stereocenters. The minimum atomic E-state index is -1.38. The van der Waals surface area contributed by atoms with Crippen molar-refractivity contribution in [2.75, 3.05) is 0 Å². The van der Waals surface area contributed by atoms with Crippen LogP contribution >= 0.6 is 0 Å². The Labute approximate surface area is 138 Å². The molecule has 0 aliphatic carbocycles. The Bertz CT molecular complexity index is 864. The van der Waals surface area contributed by atoms with E-state index < -0.39 is 16.9 Å². The fourth-order valence-corrected chi connectivity index (χ4v) is 3.91. The Morgan fingerprint density at radius 3 is 2.35 bits per heavy atom. The first-order chi connectivity index (χ1) is 11.2. The maximum absolute atomic E-state index is 12.8. The maximum atomic E-state index is 12.8. The summed E-state index contributed by atoms with van der Waals surface area (Å²) in [6.45, 7) is 1.81. The fourth-order valence-electron chi connectivity index (χ4n) is 2.69. The molecule has 0 aromatic heterocycles. The van der Waals surface area contributed by atoms with Crippen molar-refractivity contribution in [1.82, 2.24) is 0 Å². The van der Waals surface area contributed by atoms with Gasteiger partial charge in [-0.3, -0.25) is 0 Å². The van der Waals surface area contributed by atoms with Crippen LogP contribution < -0.4 is 0 Å². The van der Waals surface area contributed by atoms with Gasteiger partial charge in [-0.15, -0.1) is 0 Å². The minimum absolute atomic E-state index is 0.507. The van der Waals surface area contributed by atoms with Gasteiger partial charge >= 0.3 is 0 Å². The van der Waals surface area contributed by atoms with Crippen LogP contribution in [0.2, 0.25) is 0 Å². The van der Waals surface area contributed by atoms with Crippen LogP contribution in [-0.4, -0.2) is 9.32 Å². The van der Waals surface area contributed by atoms with Gasteiger partial charge in [-0.05, 0) is 35.4 Å². The van der Waals surface area contributed by atoms with Gasteiger partial charge in [0.05, 0.1) is 10.8 Å². The van der Waals surface area contributed by atoms with Crippen LogP contribution in [0.1, 0.15) is 18.6 Å².